The molecular formula is C21H25N3O2S. The molecule has 1 fully saturated rings. The number of benzene rings is 1. The van der Waals surface area contributed by atoms with Gasteiger partial charge in [-0.2, -0.15) is 4.31 Å². The number of H-pyrrole nitrogens is 1. The molecular weight excluding hydrogens is 358 g/mol. The van der Waals surface area contributed by atoms with Crippen LogP contribution in [0.2, 0.25) is 0 Å². The molecule has 142 valence electrons. The Labute approximate surface area is 160 Å². The molecule has 4 rings (SSSR count). The number of aromatic nitrogens is 2. The minimum absolute atomic E-state index is 0.00559. The molecule has 1 aromatic carbocycles. The summed E-state index contributed by atoms with van der Waals surface area (Å²) in [5.74, 6) is 0. The molecule has 1 saturated heterocycles. The Morgan fingerprint density at radius 1 is 1.04 bits per heavy atom. The minimum Gasteiger partial charge on any atom is -0.343 e. The van der Waals surface area contributed by atoms with Gasteiger partial charge in [-0.3, -0.25) is 0 Å². The number of rotatable bonds is 3. The highest BCUT2D eigenvalue weighted by molar-refractivity contribution is 7.89. The number of nitrogens with zero attached hydrogens (tertiary/aromatic N) is 2. The van der Waals surface area contributed by atoms with Gasteiger partial charge in [0.2, 0.25) is 10.0 Å². The maximum Gasteiger partial charge on any atom is 0.243 e. The van der Waals surface area contributed by atoms with Crippen LogP contribution in [-0.2, 0) is 15.4 Å². The topological polar surface area (TPSA) is 66.1 Å². The SMILES string of the molecule is CC(C)(C)c1cc2c(-c3ccc(S(=O)(=O)N4CCCC4)cc3)ccnc2[nH]1. The quantitative estimate of drug-likeness (QED) is 0.733. The van der Waals surface area contributed by atoms with Crippen LogP contribution in [0.4, 0.5) is 0 Å². The highest BCUT2D eigenvalue weighted by Crippen LogP contribution is 2.32. The van der Waals surface area contributed by atoms with Gasteiger partial charge in [-0.25, -0.2) is 13.4 Å². The summed E-state index contributed by atoms with van der Waals surface area (Å²) >= 11 is 0. The van der Waals surface area contributed by atoms with Crippen molar-refractivity contribution in [3.8, 4) is 11.1 Å². The fourth-order valence-electron chi connectivity index (χ4n) is 3.57. The number of pyridine rings is 1. The Hall–Kier alpha value is -2.18. The van der Waals surface area contributed by atoms with Gasteiger partial charge in [0.15, 0.2) is 0 Å². The van der Waals surface area contributed by atoms with E-state index in [0.717, 1.165) is 40.7 Å². The van der Waals surface area contributed by atoms with E-state index >= 15 is 0 Å². The number of hydrogen-bond acceptors (Lipinski definition) is 3. The fourth-order valence-corrected chi connectivity index (χ4v) is 5.08. The van der Waals surface area contributed by atoms with Crippen molar-refractivity contribution in [1.29, 1.82) is 0 Å². The third-order valence-electron chi connectivity index (χ3n) is 5.21. The lowest BCUT2D eigenvalue weighted by Crippen LogP contribution is -2.27. The number of nitrogens with one attached hydrogen (secondary N) is 1. The number of sulfonamides is 1. The third-order valence-corrected chi connectivity index (χ3v) is 7.12. The van der Waals surface area contributed by atoms with Crippen LogP contribution in [0.25, 0.3) is 22.2 Å². The van der Waals surface area contributed by atoms with E-state index in [4.69, 9.17) is 0 Å². The molecule has 0 saturated carbocycles. The molecule has 2 aromatic heterocycles. The van der Waals surface area contributed by atoms with E-state index in [2.05, 4.69) is 36.8 Å². The van der Waals surface area contributed by atoms with Crippen molar-refractivity contribution in [3.63, 3.8) is 0 Å². The Balaban J connectivity index is 1.73. The van der Waals surface area contributed by atoms with Gasteiger partial charge < -0.3 is 4.98 Å². The number of hydrogen-bond donors (Lipinski definition) is 1. The average molecular weight is 384 g/mol. The maximum absolute atomic E-state index is 12.7. The van der Waals surface area contributed by atoms with E-state index < -0.39 is 10.0 Å². The zero-order valence-electron chi connectivity index (χ0n) is 16.0. The number of aromatic amines is 1. The van der Waals surface area contributed by atoms with E-state index in [0.29, 0.717) is 18.0 Å². The van der Waals surface area contributed by atoms with Gasteiger partial charge in [-0.05, 0) is 48.2 Å². The molecule has 0 aliphatic carbocycles. The van der Waals surface area contributed by atoms with Gasteiger partial charge in [-0.1, -0.05) is 32.9 Å². The van der Waals surface area contributed by atoms with Gasteiger partial charge in [0.05, 0.1) is 4.90 Å². The van der Waals surface area contributed by atoms with Crippen LogP contribution in [-0.4, -0.2) is 35.8 Å². The van der Waals surface area contributed by atoms with E-state index in [1.807, 2.05) is 18.2 Å². The lowest BCUT2D eigenvalue weighted by atomic mass is 9.92. The Bertz CT molecular complexity index is 1070. The van der Waals surface area contributed by atoms with Gasteiger partial charge in [0.1, 0.15) is 5.65 Å². The van der Waals surface area contributed by atoms with Crippen molar-refractivity contribution in [2.75, 3.05) is 13.1 Å². The summed E-state index contributed by atoms with van der Waals surface area (Å²) in [5, 5.41) is 1.05. The van der Waals surface area contributed by atoms with E-state index in [1.54, 1.807) is 22.6 Å². The van der Waals surface area contributed by atoms with E-state index in [1.165, 1.54) is 0 Å². The molecule has 0 amide bonds. The summed E-state index contributed by atoms with van der Waals surface area (Å²) < 4.78 is 27.0. The first kappa shape index (κ1) is 18.2. The zero-order valence-corrected chi connectivity index (χ0v) is 16.8. The first-order valence-corrected chi connectivity index (χ1v) is 10.8. The second-order valence-corrected chi connectivity index (χ2v) is 10.1. The molecule has 0 atom stereocenters. The van der Waals surface area contributed by atoms with Crippen LogP contribution in [0.15, 0.2) is 47.5 Å². The Morgan fingerprint density at radius 3 is 2.33 bits per heavy atom. The Morgan fingerprint density at radius 2 is 1.70 bits per heavy atom. The molecule has 6 heteroatoms. The van der Waals surface area contributed by atoms with Gasteiger partial charge >= 0.3 is 0 Å². The molecule has 5 nitrogen and oxygen atoms in total. The first-order chi connectivity index (χ1) is 12.8. The molecule has 1 N–H and O–H groups in total. The molecule has 0 radical (unpaired) electrons. The average Bonchev–Trinajstić information content (AvgIpc) is 3.31. The lowest BCUT2D eigenvalue weighted by molar-refractivity contribution is 0.477. The van der Waals surface area contributed by atoms with Crippen molar-refractivity contribution in [2.24, 2.45) is 0 Å². The highest BCUT2D eigenvalue weighted by Gasteiger charge is 2.27. The monoisotopic (exact) mass is 383 g/mol. The van der Waals surface area contributed by atoms with Crippen LogP contribution < -0.4 is 0 Å². The van der Waals surface area contributed by atoms with Crippen molar-refractivity contribution in [2.45, 2.75) is 43.9 Å². The molecule has 3 heterocycles. The predicted molar refractivity (Wildman–Crippen MR) is 108 cm³/mol. The van der Waals surface area contributed by atoms with E-state index in [9.17, 15) is 8.42 Å². The summed E-state index contributed by atoms with van der Waals surface area (Å²) in [6.07, 6.45) is 3.67. The largest absolute Gasteiger partial charge is 0.343 e. The number of fused-ring (bicyclic) bond motifs is 1. The molecule has 27 heavy (non-hydrogen) atoms. The second-order valence-electron chi connectivity index (χ2n) is 8.19. The van der Waals surface area contributed by atoms with Gasteiger partial charge in [0.25, 0.3) is 0 Å². The van der Waals surface area contributed by atoms with E-state index in [-0.39, 0.29) is 5.41 Å². The van der Waals surface area contributed by atoms with Crippen LogP contribution in [0.5, 0.6) is 0 Å². The zero-order chi connectivity index (χ0) is 19.2. The second kappa shape index (κ2) is 6.46. The van der Waals surface area contributed by atoms with Crippen LogP contribution in [0, 0.1) is 0 Å². The summed E-state index contributed by atoms with van der Waals surface area (Å²) in [7, 11) is -3.38. The normalized spacial score (nSPS) is 16.3. The van der Waals surface area contributed by atoms with Crippen molar-refractivity contribution >= 4 is 21.1 Å². The first-order valence-electron chi connectivity index (χ1n) is 9.36. The lowest BCUT2D eigenvalue weighted by Gasteiger charge is -2.15. The molecule has 0 spiro atoms. The minimum atomic E-state index is -3.38. The third kappa shape index (κ3) is 3.28. The summed E-state index contributed by atoms with van der Waals surface area (Å²) in [4.78, 5) is 8.22. The summed E-state index contributed by atoms with van der Waals surface area (Å²) in [6.45, 7) is 7.72. The summed E-state index contributed by atoms with van der Waals surface area (Å²) in [5.41, 5.74) is 4.03. The molecule has 0 unspecified atom stereocenters. The van der Waals surface area contributed by atoms with Crippen molar-refractivity contribution in [3.05, 3.63) is 48.3 Å². The molecule has 3 aromatic rings. The van der Waals surface area contributed by atoms with Gasteiger partial charge in [0, 0.05) is 35.8 Å². The van der Waals surface area contributed by atoms with Gasteiger partial charge in [-0.15, -0.1) is 0 Å². The Kier molecular flexibility index (Phi) is 4.35. The van der Waals surface area contributed by atoms with Crippen LogP contribution in [0.1, 0.15) is 39.3 Å². The maximum atomic E-state index is 12.7. The smallest absolute Gasteiger partial charge is 0.243 e. The van der Waals surface area contributed by atoms with Crippen molar-refractivity contribution < 1.29 is 8.42 Å². The van der Waals surface area contributed by atoms with Crippen LogP contribution >= 0.6 is 0 Å². The standard InChI is InChI=1S/C21H25N3O2S/c1-21(2,3)19-14-18-17(10-11-22-20(18)23-19)15-6-8-16(9-7-15)27(25,26)24-12-4-5-13-24/h6-11,14H,4-5,12-13H2,1-3H3,(H,22,23). The summed E-state index contributed by atoms with van der Waals surface area (Å²) in [6, 6.07) is 11.3. The molecule has 0 bridgehead atoms. The van der Waals surface area contributed by atoms with Crippen molar-refractivity contribution in [1.82, 2.24) is 14.3 Å². The highest BCUT2D eigenvalue weighted by atomic mass is 32.2. The predicted octanol–water partition coefficient (Wildman–Crippen LogP) is 4.31. The molecule has 1 aliphatic heterocycles. The molecule has 1 aliphatic rings. The van der Waals surface area contributed by atoms with Crippen LogP contribution in [0.3, 0.4) is 0 Å². The fraction of sp³-hybridized carbons (Fsp3) is 0.381.